The Kier molecular flexibility index (Phi) is 3.17. The molecule has 82 valence electrons. The van der Waals surface area contributed by atoms with E-state index < -0.39 is 0 Å². The molecular formula is C11H14BrNO2. The summed E-state index contributed by atoms with van der Waals surface area (Å²) in [5, 5.41) is 0. The summed E-state index contributed by atoms with van der Waals surface area (Å²) in [6.07, 6.45) is 1.96. The van der Waals surface area contributed by atoms with Crippen molar-refractivity contribution in [1.82, 2.24) is 0 Å². The molecule has 0 amide bonds. The monoisotopic (exact) mass is 271 g/mol. The molecule has 0 spiro atoms. The Morgan fingerprint density at radius 1 is 1.47 bits per heavy atom. The van der Waals surface area contributed by atoms with Gasteiger partial charge in [0.25, 0.3) is 0 Å². The maximum absolute atomic E-state index is 5.52. The van der Waals surface area contributed by atoms with Crippen molar-refractivity contribution in [3.8, 4) is 11.5 Å². The molecule has 1 heterocycles. The molecule has 0 aromatic heterocycles. The van der Waals surface area contributed by atoms with Crippen molar-refractivity contribution in [2.75, 3.05) is 13.3 Å². The molecule has 2 rings (SSSR count). The van der Waals surface area contributed by atoms with Crippen LogP contribution in [-0.2, 0) is 6.42 Å². The van der Waals surface area contributed by atoms with E-state index in [2.05, 4.69) is 22.9 Å². The van der Waals surface area contributed by atoms with Gasteiger partial charge in [-0.1, -0.05) is 0 Å². The SMILES string of the molecule is Cc1cc2c(c(Br)c1CCCN)OCO2. The van der Waals surface area contributed by atoms with E-state index in [9.17, 15) is 0 Å². The lowest BCUT2D eigenvalue weighted by molar-refractivity contribution is 0.173. The van der Waals surface area contributed by atoms with Crippen LogP contribution >= 0.6 is 15.9 Å². The van der Waals surface area contributed by atoms with Gasteiger partial charge in [-0.25, -0.2) is 0 Å². The van der Waals surface area contributed by atoms with Crippen LogP contribution in [0.2, 0.25) is 0 Å². The van der Waals surface area contributed by atoms with Crippen LogP contribution < -0.4 is 15.2 Å². The fraction of sp³-hybridized carbons (Fsp3) is 0.455. The molecule has 0 unspecified atom stereocenters. The zero-order valence-corrected chi connectivity index (χ0v) is 10.3. The summed E-state index contributed by atoms with van der Waals surface area (Å²) in [7, 11) is 0. The van der Waals surface area contributed by atoms with Crippen molar-refractivity contribution < 1.29 is 9.47 Å². The Morgan fingerprint density at radius 3 is 3.00 bits per heavy atom. The Labute approximate surface area is 97.7 Å². The molecule has 0 bridgehead atoms. The molecule has 0 radical (unpaired) electrons. The maximum Gasteiger partial charge on any atom is 0.231 e. The second kappa shape index (κ2) is 4.41. The van der Waals surface area contributed by atoms with Gasteiger partial charge in [0.15, 0.2) is 11.5 Å². The fourth-order valence-electron chi connectivity index (χ4n) is 1.75. The number of nitrogens with two attached hydrogens (primary N) is 1. The van der Waals surface area contributed by atoms with E-state index in [0.29, 0.717) is 13.3 Å². The number of aryl methyl sites for hydroxylation is 1. The van der Waals surface area contributed by atoms with Gasteiger partial charge < -0.3 is 15.2 Å². The first-order valence-corrected chi connectivity index (χ1v) is 5.81. The Bertz CT molecular complexity index is 379. The smallest absolute Gasteiger partial charge is 0.231 e. The molecule has 1 aromatic rings. The van der Waals surface area contributed by atoms with Crippen molar-refractivity contribution in [3.05, 3.63) is 21.7 Å². The summed E-state index contributed by atoms with van der Waals surface area (Å²) in [5.74, 6) is 1.66. The third-order valence-corrected chi connectivity index (χ3v) is 3.40. The lowest BCUT2D eigenvalue weighted by Gasteiger charge is -2.10. The van der Waals surface area contributed by atoms with Crippen LogP contribution in [0.15, 0.2) is 10.5 Å². The molecule has 1 aliphatic rings. The summed E-state index contributed by atoms with van der Waals surface area (Å²) in [5.41, 5.74) is 8.01. The number of ether oxygens (including phenoxy) is 2. The lowest BCUT2D eigenvalue weighted by atomic mass is 10.0. The van der Waals surface area contributed by atoms with E-state index in [1.165, 1.54) is 11.1 Å². The molecule has 1 aliphatic heterocycles. The van der Waals surface area contributed by atoms with Crippen LogP contribution in [0, 0.1) is 6.92 Å². The standard InChI is InChI=1S/C11H14BrNO2/c1-7-5-9-11(15-6-14-9)10(12)8(7)3-2-4-13/h5H,2-4,6,13H2,1H3. The molecule has 0 aliphatic carbocycles. The molecule has 0 fully saturated rings. The first-order chi connectivity index (χ1) is 7.24. The topological polar surface area (TPSA) is 44.5 Å². The second-order valence-electron chi connectivity index (χ2n) is 3.61. The average molecular weight is 272 g/mol. The van der Waals surface area contributed by atoms with Crippen LogP contribution in [0.4, 0.5) is 0 Å². The number of rotatable bonds is 3. The van der Waals surface area contributed by atoms with Gasteiger partial charge in [-0.3, -0.25) is 0 Å². The Morgan fingerprint density at radius 2 is 2.27 bits per heavy atom. The zero-order valence-electron chi connectivity index (χ0n) is 8.68. The Hall–Kier alpha value is -0.740. The van der Waals surface area contributed by atoms with Gasteiger partial charge in [0, 0.05) is 0 Å². The van der Waals surface area contributed by atoms with Crippen LogP contribution in [-0.4, -0.2) is 13.3 Å². The normalized spacial score (nSPS) is 13.3. The van der Waals surface area contributed by atoms with Crippen molar-refractivity contribution in [2.24, 2.45) is 5.73 Å². The van der Waals surface area contributed by atoms with E-state index in [1.54, 1.807) is 0 Å². The average Bonchev–Trinajstić information content (AvgIpc) is 2.65. The quantitative estimate of drug-likeness (QED) is 0.918. The van der Waals surface area contributed by atoms with E-state index >= 15 is 0 Å². The zero-order chi connectivity index (χ0) is 10.8. The van der Waals surface area contributed by atoms with E-state index in [0.717, 1.165) is 28.8 Å². The largest absolute Gasteiger partial charge is 0.454 e. The van der Waals surface area contributed by atoms with Crippen molar-refractivity contribution in [3.63, 3.8) is 0 Å². The molecule has 0 atom stereocenters. The predicted molar refractivity (Wildman–Crippen MR) is 62.4 cm³/mol. The minimum atomic E-state index is 0.313. The van der Waals surface area contributed by atoms with Gasteiger partial charge in [-0.15, -0.1) is 0 Å². The predicted octanol–water partition coefficient (Wildman–Crippen LogP) is 2.38. The number of hydrogen-bond donors (Lipinski definition) is 1. The summed E-state index contributed by atoms with van der Waals surface area (Å²) in [6, 6.07) is 2.03. The van der Waals surface area contributed by atoms with Gasteiger partial charge >= 0.3 is 0 Å². The molecule has 4 heteroatoms. The highest BCUT2D eigenvalue weighted by Gasteiger charge is 2.20. The number of fused-ring (bicyclic) bond motifs is 1. The van der Waals surface area contributed by atoms with E-state index in [4.69, 9.17) is 15.2 Å². The van der Waals surface area contributed by atoms with Crippen LogP contribution in [0.5, 0.6) is 11.5 Å². The first-order valence-electron chi connectivity index (χ1n) is 5.01. The second-order valence-corrected chi connectivity index (χ2v) is 4.41. The molecule has 15 heavy (non-hydrogen) atoms. The van der Waals surface area contributed by atoms with Gasteiger partial charge in [0.05, 0.1) is 4.47 Å². The van der Waals surface area contributed by atoms with E-state index in [1.807, 2.05) is 6.07 Å². The highest BCUT2D eigenvalue weighted by atomic mass is 79.9. The van der Waals surface area contributed by atoms with Gasteiger partial charge in [0.2, 0.25) is 6.79 Å². The summed E-state index contributed by atoms with van der Waals surface area (Å²) < 4.78 is 11.8. The number of hydrogen-bond acceptors (Lipinski definition) is 3. The van der Waals surface area contributed by atoms with Gasteiger partial charge in [-0.2, -0.15) is 0 Å². The van der Waals surface area contributed by atoms with Crippen LogP contribution in [0.25, 0.3) is 0 Å². The first kappa shape index (κ1) is 10.8. The third kappa shape index (κ3) is 1.96. The number of halogens is 1. The highest BCUT2D eigenvalue weighted by molar-refractivity contribution is 9.10. The third-order valence-electron chi connectivity index (χ3n) is 2.56. The molecular weight excluding hydrogens is 258 g/mol. The van der Waals surface area contributed by atoms with Crippen LogP contribution in [0.3, 0.4) is 0 Å². The fourth-order valence-corrected chi connectivity index (χ4v) is 2.57. The lowest BCUT2D eigenvalue weighted by Crippen LogP contribution is -2.02. The summed E-state index contributed by atoms with van der Waals surface area (Å²) >= 11 is 3.57. The maximum atomic E-state index is 5.52. The molecule has 1 aromatic carbocycles. The summed E-state index contributed by atoms with van der Waals surface area (Å²) in [6.45, 7) is 3.10. The van der Waals surface area contributed by atoms with Crippen LogP contribution in [0.1, 0.15) is 17.5 Å². The Balaban J connectivity index is 2.37. The number of benzene rings is 1. The highest BCUT2D eigenvalue weighted by Crippen LogP contribution is 2.42. The minimum Gasteiger partial charge on any atom is -0.454 e. The van der Waals surface area contributed by atoms with Crippen molar-refractivity contribution in [2.45, 2.75) is 19.8 Å². The summed E-state index contributed by atoms with van der Waals surface area (Å²) in [4.78, 5) is 0. The molecule has 2 N–H and O–H groups in total. The van der Waals surface area contributed by atoms with Crippen molar-refractivity contribution >= 4 is 15.9 Å². The minimum absolute atomic E-state index is 0.313. The van der Waals surface area contributed by atoms with Crippen molar-refractivity contribution in [1.29, 1.82) is 0 Å². The molecule has 3 nitrogen and oxygen atoms in total. The molecule has 0 saturated carbocycles. The molecule has 0 saturated heterocycles. The van der Waals surface area contributed by atoms with Gasteiger partial charge in [0.1, 0.15) is 0 Å². The van der Waals surface area contributed by atoms with Gasteiger partial charge in [-0.05, 0) is 59.4 Å². The van der Waals surface area contributed by atoms with E-state index in [-0.39, 0.29) is 0 Å².